The van der Waals surface area contributed by atoms with Gasteiger partial charge in [0.1, 0.15) is 0 Å². The summed E-state index contributed by atoms with van der Waals surface area (Å²) in [6, 6.07) is 185. The molecule has 126 heavy (non-hydrogen) atoms. The lowest BCUT2D eigenvalue weighted by Crippen LogP contribution is -1.95. The van der Waals surface area contributed by atoms with Crippen molar-refractivity contribution in [2.24, 2.45) is 0 Å². The van der Waals surface area contributed by atoms with E-state index in [0.717, 1.165) is 0 Å². The van der Waals surface area contributed by atoms with Crippen LogP contribution in [0.5, 0.6) is 0 Å². The lowest BCUT2D eigenvalue weighted by molar-refractivity contribution is 1.58. The van der Waals surface area contributed by atoms with Crippen LogP contribution in [-0.4, -0.2) is 0 Å². The summed E-state index contributed by atoms with van der Waals surface area (Å²) in [6.07, 6.45) is 0. The van der Waals surface area contributed by atoms with E-state index in [1.54, 1.807) is 0 Å². The molecular formula is C126H84. The van der Waals surface area contributed by atoms with E-state index in [4.69, 9.17) is 0 Å². The molecule has 0 spiro atoms. The maximum Gasteiger partial charge on any atom is -0.00139 e. The van der Waals surface area contributed by atoms with Gasteiger partial charge in [-0.15, -0.1) is 0 Å². The van der Waals surface area contributed by atoms with Crippen LogP contribution in [-0.2, 0) is 0 Å². The normalized spacial score (nSPS) is 11.3. The largest absolute Gasteiger partial charge is 0.0622 e. The van der Waals surface area contributed by atoms with Crippen molar-refractivity contribution in [2.45, 2.75) is 0 Å². The SMILES string of the molecule is c1ccc(-c2ccc(-c3c4ccccc4c(-c4ccc5ccccc5c4)c4ccccc34)c(-c3ccccc3)c2)cc1.c1ccc(-c2ccc(-c3ccccc3)c(-c3c4ccccc4c(-c4ccc5ccccc5c4)c4ccccc34)c2)cc1.c1ccc(-c2cccc(-c3ccccc3)c2-c2c3ccccc3c(-c3ccc4ccccc4c3)c3ccccc23)cc1. The second kappa shape index (κ2) is 33.6. The van der Waals surface area contributed by atoms with Crippen molar-refractivity contribution in [1.82, 2.24) is 0 Å². The molecule has 0 saturated heterocycles. The lowest BCUT2D eigenvalue weighted by atomic mass is 9.81. The Morgan fingerprint density at radius 2 is 0.302 bits per heavy atom. The third kappa shape index (κ3) is 14.2. The number of benzene rings is 24. The Labute approximate surface area is 734 Å². The Morgan fingerprint density at radius 1 is 0.0794 bits per heavy atom. The van der Waals surface area contributed by atoms with E-state index in [1.165, 1.54) is 230 Å². The van der Waals surface area contributed by atoms with Gasteiger partial charge in [-0.05, 0) is 261 Å². The van der Waals surface area contributed by atoms with E-state index in [9.17, 15) is 0 Å². The summed E-state index contributed by atoms with van der Waals surface area (Å²) in [4.78, 5) is 0. The third-order valence-corrected chi connectivity index (χ3v) is 25.4. The highest BCUT2D eigenvalue weighted by molar-refractivity contribution is 6.27. The van der Waals surface area contributed by atoms with Crippen molar-refractivity contribution >= 4 is 97.0 Å². The molecule has 588 valence electrons. The average molecular weight is 1600 g/mol. The Kier molecular flexibility index (Phi) is 20.2. The van der Waals surface area contributed by atoms with E-state index in [0.29, 0.717) is 0 Å². The first kappa shape index (κ1) is 75.8. The van der Waals surface area contributed by atoms with Gasteiger partial charge in [0.05, 0.1) is 0 Å². The molecule has 0 aliphatic rings. The first-order chi connectivity index (χ1) is 62.6. The summed E-state index contributed by atoms with van der Waals surface area (Å²) < 4.78 is 0. The van der Waals surface area contributed by atoms with Crippen molar-refractivity contribution in [3.05, 3.63) is 510 Å². The standard InChI is InChI=1S/3C42H28/c1-3-15-30(16-4-1)34-24-13-25-35(31-17-5-2-6-18-31)41(34)42-38-22-11-9-20-36(38)40(37-21-10-12-23-39(37)42)33-27-26-29-14-7-8-19-32(29)28-33;1-3-13-29(14-4-1)33-25-26-35(31-16-5-2-6-17-31)40(28-33)42-38-21-11-9-19-36(38)41(37-20-10-12-22-39(37)42)34-24-23-30-15-7-8-18-32(30)27-34;1-3-13-29(14-4-1)33-25-26-39(40(28-33)31-16-5-2-6-17-31)42-37-21-11-9-19-35(37)41(36-20-10-12-22-38(36)42)34-24-23-30-15-7-8-18-32(30)27-34/h3*1-28H. The monoisotopic (exact) mass is 1600 g/mol. The van der Waals surface area contributed by atoms with Crippen molar-refractivity contribution < 1.29 is 0 Å². The molecule has 0 saturated carbocycles. The van der Waals surface area contributed by atoms with Crippen molar-refractivity contribution in [3.8, 4) is 134 Å². The topological polar surface area (TPSA) is 0 Å². The summed E-state index contributed by atoms with van der Waals surface area (Å²) in [6.45, 7) is 0. The van der Waals surface area contributed by atoms with Crippen molar-refractivity contribution in [1.29, 1.82) is 0 Å². The van der Waals surface area contributed by atoms with E-state index in [2.05, 4.69) is 510 Å². The summed E-state index contributed by atoms with van der Waals surface area (Å²) in [5.74, 6) is 0. The molecule has 0 aromatic heterocycles. The molecule has 0 aliphatic carbocycles. The molecule has 0 bridgehead atoms. The minimum absolute atomic E-state index is 1.22. The van der Waals surface area contributed by atoms with Gasteiger partial charge in [0.25, 0.3) is 0 Å². The van der Waals surface area contributed by atoms with Crippen LogP contribution < -0.4 is 0 Å². The molecule has 0 radical (unpaired) electrons. The molecule has 24 aromatic carbocycles. The average Bonchev–Trinajstić information content (AvgIpc) is 0.732. The van der Waals surface area contributed by atoms with E-state index >= 15 is 0 Å². The van der Waals surface area contributed by atoms with Gasteiger partial charge in [-0.25, -0.2) is 0 Å². The quantitative estimate of drug-likeness (QED) is 0.107. The third-order valence-electron chi connectivity index (χ3n) is 25.4. The van der Waals surface area contributed by atoms with Gasteiger partial charge in [-0.1, -0.05) is 479 Å². The fraction of sp³-hybridized carbons (Fsp3) is 0. The van der Waals surface area contributed by atoms with Crippen LogP contribution in [0.25, 0.3) is 230 Å². The van der Waals surface area contributed by atoms with Crippen molar-refractivity contribution in [3.63, 3.8) is 0 Å². The molecule has 0 N–H and O–H groups in total. The van der Waals surface area contributed by atoms with E-state index in [1.807, 2.05) is 0 Å². The van der Waals surface area contributed by atoms with Gasteiger partial charge in [0.2, 0.25) is 0 Å². The minimum atomic E-state index is 1.22. The van der Waals surface area contributed by atoms with Crippen LogP contribution >= 0.6 is 0 Å². The predicted molar refractivity (Wildman–Crippen MR) is 542 cm³/mol. The van der Waals surface area contributed by atoms with Crippen LogP contribution in [0.15, 0.2) is 510 Å². The van der Waals surface area contributed by atoms with E-state index < -0.39 is 0 Å². The van der Waals surface area contributed by atoms with Crippen LogP contribution in [0.1, 0.15) is 0 Å². The molecule has 0 atom stereocenters. The highest BCUT2D eigenvalue weighted by atomic mass is 14.3. The zero-order chi connectivity index (χ0) is 83.6. The van der Waals surface area contributed by atoms with Crippen LogP contribution in [0.4, 0.5) is 0 Å². The van der Waals surface area contributed by atoms with Crippen molar-refractivity contribution in [2.75, 3.05) is 0 Å². The smallest absolute Gasteiger partial charge is 0.00139 e. The molecule has 0 aliphatic heterocycles. The zero-order valence-electron chi connectivity index (χ0n) is 69.5. The molecule has 24 rings (SSSR count). The molecule has 0 fully saturated rings. The predicted octanol–water partition coefficient (Wildman–Crippen LogP) is 35.4. The second-order valence-corrected chi connectivity index (χ2v) is 32.7. The molecular weight excluding hydrogens is 1510 g/mol. The number of rotatable bonds is 12. The van der Waals surface area contributed by atoms with Crippen LogP contribution in [0, 0.1) is 0 Å². The zero-order valence-corrected chi connectivity index (χ0v) is 69.5. The number of hydrogen-bond acceptors (Lipinski definition) is 0. The first-order valence-electron chi connectivity index (χ1n) is 43.6. The Morgan fingerprint density at radius 3 is 0.619 bits per heavy atom. The molecule has 0 heteroatoms. The lowest BCUT2D eigenvalue weighted by Gasteiger charge is -2.22. The summed E-state index contributed by atoms with van der Waals surface area (Å²) in [5.41, 5.74) is 29.9. The van der Waals surface area contributed by atoms with Crippen LogP contribution in [0.2, 0.25) is 0 Å². The fourth-order valence-corrected chi connectivity index (χ4v) is 19.6. The van der Waals surface area contributed by atoms with Crippen LogP contribution in [0.3, 0.4) is 0 Å². The fourth-order valence-electron chi connectivity index (χ4n) is 19.6. The van der Waals surface area contributed by atoms with Gasteiger partial charge in [0.15, 0.2) is 0 Å². The molecule has 0 amide bonds. The first-order valence-corrected chi connectivity index (χ1v) is 43.6. The Bertz CT molecular complexity index is 7940. The maximum atomic E-state index is 2.39. The highest BCUT2D eigenvalue weighted by Crippen LogP contribution is 2.53. The molecule has 24 aromatic rings. The summed E-state index contributed by atoms with van der Waals surface area (Å²) >= 11 is 0. The molecule has 0 nitrogen and oxygen atoms in total. The van der Waals surface area contributed by atoms with Gasteiger partial charge in [-0.2, -0.15) is 0 Å². The highest BCUT2D eigenvalue weighted by Gasteiger charge is 2.26. The Balaban J connectivity index is 0.000000112. The number of hydrogen-bond donors (Lipinski definition) is 0. The number of fused-ring (bicyclic) bond motifs is 9. The second-order valence-electron chi connectivity index (χ2n) is 32.7. The van der Waals surface area contributed by atoms with Gasteiger partial charge >= 0.3 is 0 Å². The molecule has 0 unspecified atom stereocenters. The van der Waals surface area contributed by atoms with Gasteiger partial charge < -0.3 is 0 Å². The van der Waals surface area contributed by atoms with Gasteiger partial charge in [0, 0.05) is 0 Å². The van der Waals surface area contributed by atoms with Gasteiger partial charge in [-0.3, -0.25) is 0 Å². The minimum Gasteiger partial charge on any atom is -0.0622 e. The summed E-state index contributed by atoms with van der Waals surface area (Å²) in [5, 5.41) is 22.8. The Hall–Kier alpha value is -16.4. The summed E-state index contributed by atoms with van der Waals surface area (Å²) in [7, 11) is 0. The molecule has 0 heterocycles. The maximum absolute atomic E-state index is 2.39. The van der Waals surface area contributed by atoms with E-state index in [-0.39, 0.29) is 0 Å².